The molecule has 0 aromatic rings. The number of hydrogen-bond acceptors (Lipinski definition) is 2. The van der Waals surface area contributed by atoms with Crippen LogP contribution in [0.4, 0.5) is 4.79 Å². The van der Waals surface area contributed by atoms with E-state index in [0.29, 0.717) is 18.9 Å². The molecular weight excluding hydrogens is 208 g/mol. The molecule has 0 aromatic carbocycles. The van der Waals surface area contributed by atoms with Gasteiger partial charge in [0.1, 0.15) is 0 Å². The zero-order valence-corrected chi connectivity index (χ0v) is 9.88. The van der Waals surface area contributed by atoms with Crippen LogP contribution in [0.15, 0.2) is 0 Å². The average Bonchev–Trinajstić information content (AvgIpc) is 2.92. The molecule has 0 spiro atoms. The van der Waals surface area contributed by atoms with E-state index in [9.17, 15) is 9.59 Å². The van der Waals surface area contributed by atoms with Crippen molar-refractivity contribution in [3.05, 3.63) is 0 Å². The van der Waals surface area contributed by atoms with E-state index in [4.69, 9.17) is 5.11 Å². The molecule has 0 aromatic heterocycles. The molecule has 5 heteroatoms. The SMILES string of the molecule is CC(C)C1CN(C2CC2C(=O)O)C(=O)N1C. The first-order valence-corrected chi connectivity index (χ1v) is 5.69. The van der Waals surface area contributed by atoms with Gasteiger partial charge in [-0.3, -0.25) is 4.79 Å². The summed E-state index contributed by atoms with van der Waals surface area (Å²) in [6.45, 7) is 4.83. The van der Waals surface area contributed by atoms with Crippen LogP contribution in [0, 0.1) is 11.8 Å². The number of carboxylic acids is 1. The predicted octanol–water partition coefficient (Wildman–Crippen LogP) is 0.852. The number of rotatable bonds is 3. The van der Waals surface area contributed by atoms with Crippen molar-refractivity contribution in [1.29, 1.82) is 0 Å². The zero-order chi connectivity index (χ0) is 12.0. The van der Waals surface area contributed by atoms with Crippen molar-refractivity contribution in [3.8, 4) is 0 Å². The number of nitrogens with zero attached hydrogens (tertiary/aromatic N) is 2. The van der Waals surface area contributed by atoms with Gasteiger partial charge in [-0.15, -0.1) is 0 Å². The molecule has 1 saturated heterocycles. The molecule has 0 bridgehead atoms. The molecule has 2 aliphatic rings. The van der Waals surface area contributed by atoms with Crippen molar-refractivity contribution in [1.82, 2.24) is 9.80 Å². The second-order valence-corrected chi connectivity index (χ2v) is 5.10. The number of carbonyl (C=O) groups is 2. The van der Waals surface area contributed by atoms with E-state index < -0.39 is 5.97 Å². The lowest BCUT2D eigenvalue weighted by Gasteiger charge is -2.20. The Morgan fingerprint density at radius 2 is 2.12 bits per heavy atom. The Hall–Kier alpha value is -1.26. The maximum absolute atomic E-state index is 11.9. The van der Waals surface area contributed by atoms with Crippen molar-refractivity contribution in [2.75, 3.05) is 13.6 Å². The van der Waals surface area contributed by atoms with E-state index in [1.807, 2.05) is 0 Å². The summed E-state index contributed by atoms with van der Waals surface area (Å²) in [5, 5.41) is 8.86. The van der Waals surface area contributed by atoms with E-state index in [1.165, 1.54) is 0 Å². The third kappa shape index (κ3) is 1.64. The van der Waals surface area contributed by atoms with E-state index in [2.05, 4.69) is 13.8 Å². The van der Waals surface area contributed by atoms with Crippen molar-refractivity contribution in [3.63, 3.8) is 0 Å². The summed E-state index contributed by atoms with van der Waals surface area (Å²) < 4.78 is 0. The van der Waals surface area contributed by atoms with Crippen molar-refractivity contribution >= 4 is 12.0 Å². The van der Waals surface area contributed by atoms with Crippen LogP contribution >= 0.6 is 0 Å². The van der Waals surface area contributed by atoms with Crippen LogP contribution < -0.4 is 0 Å². The molecule has 2 amide bonds. The fraction of sp³-hybridized carbons (Fsp3) is 0.818. The molecule has 1 heterocycles. The molecule has 0 radical (unpaired) electrons. The van der Waals surface area contributed by atoms with Crippen molar-refractivity contribution in [2.24, 2.45) is 11.8 Å². The van der Waals surface area contributed by atoms with Crippen LogP contribution in [0.2, 0.25) is 0 Å². The molecule has 2 rings (SSSR count). The van der Waals surface area contributed by atoms with Crippen LogP contribution in [0.5, 0.6) is 0 Å². The number of carboxylic acid groups (broad SMARTS) is 1. The Balaban J connectivity index is 2.04. The number of aliphatic carboxylic acids is 1. The monoisotopic (exact) mass is 226 g/mol. The van der Waals surface area contributed by atoms with Gasteiger partial charge in [0.2, 0.25) is 0 Å². The molecule has 90 valence electrons. The highest BCUT2D eigenvalue weighted by Gasteiger charge is 2.52. The van der Waals surface area contributed by atoms with Gasteiger partial charge in [0.15, 0.2) is 0 Å². The summed E-state index contributed by atoms with van der Waals surface area (Å²) in [7, 11) is 1.80. The molecule has 16 heavy (non-hydrogen) atoms. The lowest BCUT2D eigenvalue weighted by atomic mass is 10.0. The first-order chi connectivity index (χ1) is 7.43. The van der Waals surface area contributed by atoms with Gasteiger partial charge in [0, 0.05) is 19.6 Å². The summed E-state index contributed by atoms with van der Waals surface area (Å²) in [5.74, 6) is -0.724. The Bertz CT molecular complexity index is 329. The predicted molar refractivity (Wildman–Crippen MR) is 58.0 cm³/mol. The Morgan fingerprint density at radius 1 is 1.50 bits per heavy atom. The van der Waals surface area contributed by atoms with Crippen LogP contribution in [-0.2, 0) is 4.79 Å². The first-order valence-electron chi connectivity index (χ1n) is 5.69. The molecule has 1 aliphatic heterocycles. The number of hydrogen-bond donors (Lipinski definition) is 1. The van der Waals surface area contributed by atoms with Crippen molar-refractivity contribution in [2.45, 2.75) is 32.4 Å². The summed E-state index contributed by atoms with van der Waals surface area (Å²) in [4.78, 5) is 26.2. The number of carbonyl (C=O) groups excluding carboxylic acids is 1. The maximum Gasteiger partial charge on any atom is 0.320 e. The molecule has 2 fully saturated rings. The molecule has 1 saturated carbocycles. The second-order valence-electron chi connectivity index (χ2n) is 5.10. The van der Waals surface area contributed by atoms with Gasteiger partial charge in [0.05, 0.1) is 12.0 Å². The maximum atomic E-state index is 11.9. The van der Waals surface area contributed by atoms with Gasteiger partial charge in [-0.2, -0.15) is 0 Å². The lowest BCUT2D eigenvalue weighted by Crippen LogP contribution is -2.34. The van der Waals surface area contributed by atoms with E-state index in [0.717, 1.165) is 0 Å². The molecule has 3 unspecified atom stereocenters. The van der Waals surface area contributed by atoms with Crippen LogP contribution in [0.25, 0.3) is 0 Å². The molecule has 3 atom stereocenters. The standard InChI is InChI=1S/C11H18N2O3/c1-6(2)9-5-13(11(16)12(9)3)8-4-7(8)10(14)15/h6-9H,4-5H2,1-3H3,(H,14,15). The van der Waals surface area contributed by atoms with Gasteiger partial charge >= 0.3 is 12.0 Å². The minimum absolute atomic E-state index is 0.0209. The quantitative estimate of drug-likeness (QED) is 0.776. The van der Waals surface area contributed by atoms with E-state index in [-0.39, 0.29) is 24.0 Å². The summed E-state index contributed by atoms with van der Waals surface area (Å²) in [6.07, 6.45) is 0.611. The minimum atomic E-state index is -0.784. The Kier molecular flexibility index (Phi) is 2.56. The van der Waals surface area contributed by atoms with Crippen LogP contribution in [-0.4, -0.2) is 52.6 Å². The fourth-order valence-corrected chi connectivity index (χ4v) is 2.47. The molecular formula is C11H18N2O3. The summed E-state index contributed by atoms with van der Waals surface area (Å²) >= 11 is 0. The normalized spacial score (nSPS) is 33.8. The van der Waals surface area contributed by atoms with Crippen LogP contribution in [0.3, 0.4) is 0 Å². The van der Waals surface area contributed by atoms with E-state index in [1.54, 1.807) is 16.8 Å². The Labute approximate surface area is 95.0 Å². The zero-order valence-electron chi connectivity index (χ0n) is 9.88. The number of urea groups is 1. The highest BCUT2D eigenvalue weighted by atomic mass is 16.4. The topological polar surface area (TPSA) is 60.9 Å². The van der Waals surface area contributed by atoms with Gasteiger partial charge in [-0.25, -0.2) is 4.79 Å². The smallest absolute Gasteiger partial charge is 0.320 e. The molecule has 5 nitrogen and oxygen atoms in total. The average molecular weight is 226 g/mol. The number of amides is 2. The lowest BCUT2D eigenvalue weighted by molar-refractivity contribution is -0.138. The van der Waals surface area contributed by atoms with Gasteiger partial charge in [-0.05, 0) is 12.3 Å². The third-order valence-corrected chi connectivity index (χ3v) is 3.67. The number of likely N-dealkylation sites (N-methyl/N-ethyl adjacent to an activating group) is 1. The van der Waals surface area contributed by atoms with Gasteiger partial charge in [0.25, 0.3) is 0 Å². The summed E-state index contributed by atoms with van der Waals surface area (Å²) in [5.41, 5.74) is 0. The molecule has 1 N–H and O–H groups in total. The first kappa shape index (κ1) is 11.2. The van der Waals surface area contributed by atoms with Gasteiger partial charge < -0.3 is 14.9 Å². The van der Waals surface area contributed by atoms with Crippen LogP contribution in [0.1, 0.15) is 20.3 Å². The molecule has 1 aliphatic carbocycles. The highest BCUT2D eigenvalue weighted by Crippen LogP contribution is 2.39. The Morgan fingerprint density at radius 3 is 2.50 bits per heavy atom. The van der Waals surface area contributed by atoms with E-state index >= 15 is 0 Å². The fourth-order valence-electron chi connectivity index (χ4n) is 2.47. The minimum Gasteiger partial charge on any atom is -0.481 e. The largest absolute Gasteiger partial charge is 0.481 e. The third-order valence-electron chi connectivity index (χ3n) is 3.67. The van der Waals surface area contributed by atoms with Crippen molar-refractivity contribution < 1.29 is 14.7 Å². The van der Waals surface area contributed by atoms with Gasteiger partial charge in [-0.1, -0.05) is 13.8 Å². The summed E-state index contributed by atoms with van der Waals surface area (Å²) in [6, 6.07) is 0.117. The second kappa shape index (κ2) is 3.64. The highest BCUT2D eigenvalue weighted by molar-refractivity contribution is 5.81.